The molecule has 2 aromatic heterocycles. The molecule has 158 valence electrons. The molecule has 0 fully saturated rings. The Hall–Kier alpha value is -3.65. The van der Waals surface area contributed by atoms with E-state index >= 15 is 0 Å². The summed E-state index contributed by atoms with van der Waals surface area (Å²) >= 11 is 0. The van der Waals surface area contributed by atoms with Crippen LogP contribution in [0.4, 0.5) is 4.39 Å². The lowest BCUT2D eigenvalue weighted by Crippen LogP contribution is -2.29. The predicted octanol–water partition coefficient (Wildman–Crippen LogP) is 4.69. The third-order valence-corrected chi connectivity index (χ3v) is 6.25. The van der Waals surface area contributed by atoms with Crippen molar-refractivity contribution in [2.45, 2.75) is 23.1 Å². The molecule has 2 heterocycles. The highest BCUT2D eigenvalue weighted by atomic mass is 32.2. The second-order valence-corrected chi connectivity index (χ2v) is 8.68. The largest absolute Gasteiger partial charge is 0.467 e. The molecule has 1 amide bonds. The zero-order valence-electron chi connectivity index (χ0n) is 16.3. The molecule has 2 aromatic carbocycles. The lowest BCUT2D eigenvalue weighted by atomic mass is 10.2. The number of nitrogens with zero attached hydrogens (tertiary/aromatic N) is 1. The molecule has 0 unspecified atom stereocenters. The fraction of sp³-hybridized carbons (Fsp3) is 0.0870. The molecule has 0 aliphatic heterocycles. The smallest absolute Gasteiger partial charge is 0.290 e. The number of carbonyl (C=O) groups is 1. The molecule has 4 rings (SSSR count). The van der Waals surface area contributed by atoms with Crippen molar-refractivity contribution in [2.24, 2.45) is 0 Å². The van der Waals surface area contributed by atoms with Gasteiger partial charge in [0.25, 0.3) is 5.91 Å². The first-order valence-corrected chi connectivity index (χ1v) is 10.9. The molecule has 6 nitrogen and oxygen atoms in total. The van der Waals surface area contributed by atoms with Crippen LogP contribution in [0.2, 0.25) is 0 Å². The van der Waals surface area contributed by atoms with Gasteiger partial charge in [0, 0.05) is 6.54 Å². The average Bonchev–Trinajstić information content (AvgIpc) is 3.47. The Balaban J connectivity index is 1.61. The van der Waals surface area contributed by atoms with Crippen LogP contribution < -0.4 is 0 Å². The number of hydrogen-bond donors (Lipinski definition) is 0. The highest BCUT2D eigenvalue weighted by Crippen LogP contribution is 2.24. The summed E-state index contributed by atoms with van der Waals surface area (Å²) in [5.74, 6) is -0.480. The lowest BCUT2D eigenvalue weighted by molar-refractivity contribution is 0.0679. The summed E-state index contributed by atoms with van der Waals surface area (Å²) in [5, 5.41) is -0.318. The van der Waals surface area contributed by atoms with E-state index in [0.29, 0.717) is 11.3 Å². The summed E-state index contributed by atoms with van der Waals surface area (Å²) < 4.78 is 49.5. The van der Waals surface area contributed by atoms with Gasteiger partial charge in [0.1, 0.15) is 11.6 Å². The number of furan rings is 2. The summed E-state index contributed by atoms with van der Waals surface area (Å²) in [6.45, 7) is 0.284. The molecule has 0 saturated carbocycles. The molecule has 0 N–H and O–H groups in total. The quantitative estimate of drug-likeness (QED) is 0.417. The first-order chi connectivity index (χ1) is 14.9. The van der Waals surface area contributed by atoms with E-state index in [1.807, 2.05) is 0 Å². The molecule has 0 radical (unpaired) electrons. The molecule has 31 heavy (non-hydrogen) atoms. The highest BCUT2D eigenvalue weighted by Gasteiger charge is 2.26. The van der Waals surface area contributed by atoms with Gasteiger partial charge >= 0.3 is 0 Å². The van der Waals surface area contributed by atoms with Crippen LogP contribution in [0.3, 0.4) is 0 Å². The Morgan fingerprint density at radius 1 is 0.871 bits per heavy atom. The van der Waals surface area contributed by atoms with Gasteiger partial charge in [0.15, 0.2) is 5.76 Å². The third kappa shape index (κ3) is 4.59. The van der Waals surface area contributed by atoms with Gasteiger partial charge in [-0.1, -0.05) is 30.3 Å². The molecule has 4 aromatic rings. The van der Waals surface area contributed by atoms with Gasteiger partial charge in [-0.05, 0) is 54.1 Å². The second-order valence-electron chi connectivity index (χ2n) is 6.80. The maximum Gasteiger partial charge on any atom is 0.290 e. The Morgan fingerprint density at radius 2 is 1.61 bits per heavy atom. The Morgan fingerprint density at radius 3 is 2.29 bits per heavy atom. The summed E-state index contributed by atoms with van der Waals surface area (Å²) in [5.41, 5.74) is 0.699. The maximum atomic E-state index is 13.2. The molecule has 0 saturated heterocycles. The van der Waals surface area contributed by atoms with Gasteiger partial charge in [-0.3, -0.25) is 4.79 Å². The predicted molar refractivity (Wildman–Crippen MR) is 109 cm³/mol. The number of amides is 1. The standard InChI is InChI=1S/C23H18FNO5S/c24-18-10-8-17(9-11-18)15-25(16-19-5-4-14-29-19)23(26)21-12-13-22(30-21)31(27,28)20-6-2-1-3-7-20/h1-14H,15-16H2. The number of sulfone groups is 1. The molecular formula is C23H18FNO5S. The number of carbonyl (C=O) groups excluding carboxylic acids is 1. The Bertz CT molecular complexity index is 1260. The van der Waals surface area contributed by atoms with Gasteiger partial charge in [-0.2, -0.15) is 0 Å². The van der Waals surface area contributed by atoms with Crippen LogP contribution in [-0.4, -0.2) is 19.2 Å². The van der Waals surface area contributed by atoms with Crippen molar-refractivity contribution < 1.29 is 26.4 Å². The Labute approximate surface area is 178 Å². The normalized spacial score (nSPS) is 11.4. The maximum absolute atomic E-state index is 13.2. The number of hydrogen-bond acceptors (Lipinski definition) is 5. The van der Waals surface area contributed by atoms with E-state index in [0.717, 1.165) is 0 Å². The molecule has 0 bridgehead atoms. The Kier molecular flexibility index (Phi) is 5.73. The van der Waals surface area contributed by atoms with E-state index in [-0.39, 0.29) is 34.7 Å². The van der Waals surface area contributed by atoms with Crippen LogP contribution in [0.15, 0.2) is 104 Å². The number of rotatable bonds is 7. The molecule has 0 aliphatic rings. The summed E-state index contributed by atoms with van der Waals surface area (Å²) in [4.78, 5) is 14.6. The van der Waals surface area contributed by atoms with Crippen molar-refractivity contribution in [3.63, 3.8) is 0 Å². The van der Waals surface area contributed by atoms with Crippen molar-refractivity contribution in [2.75, 3.05) is 0 Å². The molecule has 8 heteroatoms. The molecule has 0 aliphatic carbocycles. The van der Waals surface area contributed by atoms with E-state index in [9.17, 15) is 17.6 Å². The van der Waals surface area contributed by atoms with Gasteiger partial charge < -0.3 is 13.7 Å². The van der Waals surface area contributed by atoms with Crippen molar-refractivity contribution in [1.82, 2.24) is 4.90 Å². The fourth-order valence-electron chi connectivity index (χ4n) is 3.05. The molecular weight excluding hydrogens is 421 g/mol. The number of benzene rings is 2. The minimum absolute atomic E-state index is 0.0714. The van der Waals surface area contributed by atoms with Crippen LogP contribution in [0.25, 0.3) is 0 Å². The van der Waals surface area contributed by atoms with E-state index < -0.39 is 15.7 Å². The highest BCUT2D eigenvalue weighted by molar-refractivity contribution is 7.91. The van der Waals surface area contributed by atoms with Crippen LogP contribution in [0, 0.1) is 5.82 Å². The topological polar surface area (TPSA) is 80.7 Å². The van der Waals surface area contributed by atoms with E-state index in [2.05, 4.69) is 0 Å². The van der Waals surface area contributed by atoms with Crippen molar-refractivity contribution in [3.8, 4) is 0 Å². The SMILES string of the molecule is O=C(c1ccc(S(=O)(=O)c2ccccc2)o1)N(Cc1ccc(F)cc1)Cc1ccco1. The van der Waals surface area contributed by atoms with Gasteiger partial charge in [0.2, 0.25) is 14.9 Å². The lowest BCUT2D eigenvalue weighted by Gasteiger charge is -2.20. The summed E-state index contributed by atoms with van der Waals surface area (Å²) in [6.07, 6.45) is 1.49. The van der Waals surface area contributed by atoms with Crippen molar-refractivity contribution in [1.29, 1.82) is 0 Å². The van der Waals surface area contributed by atoms with Crippen LogP contribution in [0.1, 0.15) is 21.9 Å². The van der Waals surface area contributed by atoms with Crippen molar-refractivity contribution >= 4 is 15.7 Å². The van der Waals surface area contributed by atoms with Crippen LogP contribution in [0.5, 0.6) is 0 Å². The van der Waals surface area contributed by atoms with Crippen molar-refractivity contribution in [3.05, 3.63) is 108 Å². The fourth-order valence-corrected chi connectivity index (χ4v) is 4.25. The van der Waals surface area contributed by atoms with Crippen LogP contribution >= 0.6 is 0 Å². The zero-order chi connectivity index (χ0) is 21.8. The molecule has 0 atom stereocenters. The zero-order valence-corrected chi connectivity index (χ0v) is 17.1. The van der Waals surface area contributed by atoms with Gasteiger partial charge in [-0.15, -0.1) is 0 Å². The monoisotopic (exact) mass is 439 g/mol. The first kappa shape index (κ1) is 20.6. The van der Waals surface area contributed by atoms with E-state index in [4.69, 9.17) is 8.83 Å². The van der Waals surface area contributed by atoms with E-state index in [1.165, 1.54) is 47.6 Å². The third-order valence-electron chi connectivity index (χ3n) is 4.61. The minimum atomic E-state index is -3.89. The van der Waals surface area contributed by atoms with E-state index in [1.54, 1.807) is 42.5 Å². The minimum Gasteiger partial charge on any atom is -0.467 e. The van der Waals surface area contributed by atoms with Gasteiger partial charge in [-0.25, -0.2) is 12.8 Å². The average molecular weight is 439 g/mol. The first-order valence-electron chi connectivity index (χ1n) is 9.39. The van der Waals surface area contributed by atoms with Gasteiger partial charge in [0.05, 0.1) is 17.7 Å². The summed E-state index contributed by atoms with van der Waals surface area (Å²) in [6, 6.07) is 19.6. The molecule has 0 spiro atoms. The summed E-state index contributed by atoms with van der Waals surface area (Å²) in [7, 11) is -3.89. The number of halogens is 1. The van der Waals surface area contributed by atoms with Crippen LogP contribution in [-0.2, 0) is 22.9 Å². The second kappa shape index (κ2) is 8.61.